The van der Waals surface area contributed by atoms with Crippen molar-refractivity contribution >= 4 is 29.1 Å². The van der Waals surface area contributed by atoms with Crippen molar-refractivity contribution < 1.29 is 9.53 Å². The molecule has 1 heterocycles. The maximum absolute atomic E-state index is 11.7. The number of amides is 1. The molecule has 2 aromatic carbocycles. The van der Waals surface area contributed by atoms with Crippen LogP contribution >= 0.6 is 23.2 Å². The Morgan fingerprint density at radius 3 is 2.52 bits per heavy atom. The van der Waals surface area contributed by atoms with Gasteiger partial charge < -0.3 is 10.5 Å². The van der Waals surface area contributed by atoms with Gasteiger partial charge in [-0.3, -0.25) is 14.6 Å². The lowest BCUT2D eigenvalue weighted by molar-refractivity contribution is -0.120. The van der Waals surface area contributed by atoms with Crippen LogP contribution in [0, 0.1) is 0 Å². The van der Waals surface area contributed by atoms with Crippen LogP contribution in [0.4, 0.5) is 0 Å². The maximum Gasteiger partial charge on any atom is 0.219 e. The van der Waals surface area contributed by atoms with Gasteiger partial charge in [0, 0.05) is 44.7 Å². The van der Waals surface area contributed by atoms with E-state index < -0.39 is 0 Å². The normalized spacial score (nSPS) is 19.1. The molecule has 3 rings (SSSR count). The van der Waals surface area contributed by atoms with E-state index in [4.69, 9.17) is 33.7 Å². The summed E-state index contributed by atoms with van der Waals surface area (Å²) in [5.74, 6) is 0.555. The molecule has 0 aromatic heterocycles. The van der Waals surface area contributed by atoms with Crippen LogP contribution in [0.2, 0.25) is 10.0 Å². The van der Waals surface area contributed by atoms with Crippen LogP contribution in [0.25, 0.3) is 0 Å². The number of hydrogen-bond donors (Lipinski definition) is 1. The highest BCUT2D eigenvalue weighted by Crippen LogP contribution is 2.29. The zero-order valence-electron chi connectivity index (χ0n) is 16.8. The summed E-state index contributed by atoms with van der Waals surface area (Å²) in [6, 6.07) is 14.0. The second-order valence-electron chi connectivity index (χ2n) is 7.49. The summed E-state index contributed by atoms with van der Waals surface area (Å²) < 4.78 is 5.26. The highest BCUT2D eigenvalue weighted by atomic mass is 35.5. The molecule has 7 heteroatoms. The summed E-state index contributed by atoms with van der Waals surface area (Å²) in [5, 5.41) is 1.12. The minimum absolute atomic E-state index is 0.0566. The molecule has 0 bridgehead atoms. The summed E-state index contributed by atoms with van der Waals surface area (Å²) >= 11 is 12.2. The van der Waals surface area contributed by atoms with Crippen molar-refractivity contribution in [2.45, 2.75) is 32.0 Å². The number of piperazine rings is 1. The highest BCUT2D eigenvalue weighted by Gasteiger charge is 2.31. The van der Waals surface area contributed by atoms with Crippen molar-refractivity contribution in [1.82, 2.24) is 9.80 Å². The van der Waals surface area contributed by atoms with Crippen molar-refractivity contribution in [3.05, 3.63) is 63.6 Å². The zero-order chi connectivity index (χ0) is 21.0. The van der Waals surface area contributed by atoms with Crippen LogP contribution in [-0.2, 0) is 11.3 Å². The first-order valence-corrected chi connectivity index (χ1v) is 10.5. The van der Waals surface area contributed by atoms with E-state index in [2.05, 4.69) is 28.9 Å². The fraction of sp³-hybridized carbons (Fsp3) is 0.409. The quantitative estimate of drug-likeness (QED) is 0.710. The number of carbonyl (C=O) groups is 1. The summed E-state index contributed by atoms with van der Waals surface area (Å²) in [7, 11) is 1.66. The molecule has 1 saturated heterocycles. The van der Waals surface area contributed by atoms with Gasteiger partial charge in [0.05, 0.1) is 17.2 Å². The molecule has 2 aromatic rings. The second-order valence-corrected chi connectivity index (χ2v) is 8.31. The molecule has 1 aliphatic rings. The van der Waals surface area contributed by atoms with Gasteiger partial charge in [0.15, 0.2) is 0 Å². The first-order valence-electron chi connectivity index (χ1n) is 9.71. The molecule has 2 unspecified atom stereocenters. The van der Waals surface area contributed by atoms with E-state index in [1.165, 1.54) is 5.56 Å². The predicted molar refractivity (Wildman–Crippen MR) is 117 cm³/mol. The number of ether oxygens (including phenoxy) is 1. The summed E-state index contributed by atoms with van der Waals surface area (Å²) in [6.07, 6.45) is 0.332. The lowest BCUT2D eigenvalue weighted by Crippen LogP contribution is -2.54. The summed E-state index contributed by atoms with van der Waals surface area (Å²) in [4.78, 5) is 16.4. The number of halogens is 2. The van der Waals surface area contributed by atoms with E-state index in [1.807, 2.05) is 30.3 Å². The minimum Gasteiger partial charge on any atom is -0.497 e. The monoisotopic (exact) mass is 435 g/mol. The van der Waals surface area contributed by atoms with Crippen LogP contribution in [0.3, 0.4) is 0 Å². The molecule has 0 radical (unpaired) electrons. The molecule has 1 aliphatic heterocycles. The van der Waals surface area contributed by atoms with Gasteiger partial charge in [0.2, 0.25) is 5.91 Å². The number of methoxy groups -OCH3 is 1. The zero-order valence-corrected chi connectivity index (χ0v) is 18.3. The molecule has 5 nitrogen and oxygen atoms in total. The molecule has 156 valence electrons. The lowest BCUT2D eigenvalue weighted by atomic mass is 10.00. The van der Waals surface area contributed by atoms with Gasteiger partial charge >= 0.3 is 0 Å². The molecule has 0 aliphatic carbocycles. The van der Waals surface area contributed by atoms with Crippen LogP contribution in [0.1, 0.15) is 30.5 Å². The summed E-state index contributed by atoms with van der Waals surface area (Å²) in [6.45, 7) is 5.45. The minimum atomic E-state index is -0.279. The molecule has 1 fully saturated rings. The van der Waals surface area contributed by atoms with Gasteiger partial charge in [-0.1, -0.05) is 41.4 Å². The molecular formula is C22H27Cl2N3O2. The van der Waals surface area contributed by atoms with Gasteiger partial charge in [-0.15, -0.1) is 0 Å². The third-order valence-corrected chi connectivity index (χ3v) is 6.27. The van der Waals surface area contributed by atoms with E-state index in [0.29, 0.717) is 16.5 Å². The van der Waals surface area contributed by atoms with Crippen molar-refractivity contribution in [3.8, 4) is 5.75 Å². The number of nitrogens with two attached hydrogens (primary N) is 1. The average Bonchev–Trinajstić information content (AvgIpc) is 2.70. The first kappa shape index (κ1) is 21.9. The Bertz CT molecular complexity index is 844. The number of benzene rings is 2. The van der Waals surface area contributed by atoms with E-state index in [0.717, 1.165) is 37.5 Å². The van der Waals surface area contributed by atoms with Gasteiger partial charge in [0.25, 0.3) is 0 Å². The first-order chi connectivity index (χ1) is 13.9. The largest absolute Gasteiger partial charge is 0.497 e. The number of hydrogen-bond acceptors (Lipinski definition) is 4. The SMILES string of the molecule is COc1ccc(C(C)N2CCN(Cc3ccc(Cl)c(Cl)c3)CC2CC(N)=O)cc1. The molecule has 2 atom stereocenters. The Morgan fingerprint density at radius 2 is 1.90 bits per heavy atom. The van der Waals surface area contributed by atoms with Gasteiger partial charge in [0.1, 0.15) is 5.75 Å². The van der Waals surface area contributed by atoms with E-state index in [-0.39, 0.29) is 18.0 Å². The van der Waals surface area contributed by atoms with Gasteiger partial charge in [-0.05, 0) is 42.3 Å². The molecule has 29 heavy (non-hydrogen) atoms. The van der Waals surface area contributed by atoms with Crippen LogP contribution in [0.5, 0.6) is 5.75 Å². The second kappa shape index (κ2) is 9.81. The van der Waals surface area contributed by atoms with Crippen LogP contribution in [-0.4, -0.2) is 48.5 Å². The Morgan fingerprint density at radius 1 is 1.17 bits per heavy atom. The van der Waals surface area contributed by atoms with Crippen molar-refractivity contribution in [2.75, 3.05) is 26.7 Å². The van der Waals surface area contributed by atoms with Crippen LogP contribution < -0.4 is 10.5 Å². The number of rotatable bonds is 7. The number of nitrogens with zero attached hydrogens (tertiary/aromatic N) is 2. The molecule has 2 N–H and O–H groups in total. The number of carbonyl (C=O) groups excluding carboxylic acids is 1. The van der Waals surface area contributed by atoms with E-state index >= 15 is 0 Å². The Labute approximate surface area is 182 Å². The molecule has 1 amide bonds. The van der Waals surface area contributed by atoms with Crippen molar-refractivity contribution in [1.29, 1.82) is 0 Å². The third kappa shape index (κ3) is 5.64. The Balaban J connectivity index is 1.72. The third-order valence-electron chi connectivity index (χ3n) is 5.54. The number of primary amides is 1. The predicted octanol–water partition coefficient (Wildman–Crippen LogP) is 4.12. The topological polar surface area (TPSA) is 58.8 Å². The Hall–Kier alpha value is -1.79. The molecule has 0 spiro atoms. The van der Waals surface area contributed by atoms with Gasteiger partial charge in [-0.25, -0.2) is 0 Å². The van der Waals surface area contributed by atoms with Crippen molar-refractivity contribution in [3.63, 3.8) is 0 Å². The maximum atomic E-state index is 11.7. The smallest absolute Gasteiger partial charge is 0.219 e. The summed E-state index contributed by atoms with van der Waals surface area (Å²) in [5.41, 5.74) is 7.86. The van der Waals surface area contributed by atoms with E-state index in [9.17, 15) is 4.79 Å². The highest BCUT2D eigenvalue weighted by molar-refractivity contribution is 6.42. The lowest BCUT2D eigenvalue weighted by Gasteiger charge is -2.44. The standard InChI is InChI=1S/C22H27Cl2N3O2/c1-15(17-4-6-19(29-2)7-5-17)27-10-9-26(14-18(27)12-22(25)28)13-16-3-8-20(23)21(24)11-16/h3-8,11,15,18H,9-10,12-14H2,1-2H3,(H2,25,28). The fourth-order valence-corrected chi connectivity index (χ4v) is 4.29. The molecular weight excluding hydrogens is 409 g/mol. The average molecular weight is 436 g/mol. The van der Waals surface area contributed by atoms with Crippen molar-refractivity contribution in [2.24, 2.45) is 5.73 Å². The fourth-order valence-electron chi connectivity index (χ4n) is 3.97. The Kier molecular flexibility index (Phi) is 7.41. The van der Waals surface area contributed by atoms with Crippen LogP contribution in [0.15, 0.2) is 42.5 Å². The van der Waals surface area contributed by atoms with Gasteiger partial charge in [-0.2, -0.15) is 0 Å². The molecule has 0 saturated carbocycles. The van der Waals surface area contributed by atoms with E-state index in [1.54, 1.807) is 7.11 Å².